The average molecular weight is 237 g/mol. The average Bonchev–Trinajstić information content (AvgIpc) is 2.31. The van der Waals surface area contributed by atoms with E-state index in [2.05, 4.69) is 0 Å². The van der Waals surface area contributed by atoms with E-state index in [1.807, 2.05) is 6.92 Å². The summed E-state index contributed by atoms with van der Waals surface area (Å²) in [4.78, 5) is 13.7. The lowest BCUT2D eigenvalue weighted by molar-refractivity contribution is 0.0633. The van der Waals surface area contributed by atoms with E-state index in [4.69, 9.17) is 4.74 Å². The molecule has 0 fully saturated rings. The molecule has 1 amide bonds. The van der Waals surface area contributed by atoms with Crippen molar-refractivity contribution in [1.82, 2.24) is 4.90 Å². The van der Waals surface area contributed by atoms with E-state index in [1.165, 1.54) is 6.07 Å². The number of ether oxygens (including phenoxy) is 1. The molecule has 1 rings (SSSR count). The summed E-state index contributed by atoms with van der Waals surface area (Å²) in [7, 11) is 3.35. The van der Waals surface area contributed by atoms with Gasteiger partial charge in [-0.1, -0.05) is 0 Å². The summed E-state index contributed by atoms with van der Waals surface area (Å²) in [5, 5.41) is 9.41. The van der Waals surface area contributed by atoms with Crippen LogP contribution in [-0.2, 0) is 4.74 Å². The van der Waals surface area contributed by atoms with Gasteiger partial charge in [-0.25, -0.2) is 0 Å². The Hall–Kier alpha value is -1.55. The molecule has 1 atom stereocenters. The molecular formula is C13H19NO3. The highest BCUT2D eigenvalue weighted by molar-refractivity contribution is 5.94. The van der Waals surface area contributed by atoms with Crippen LogP contribution in [0.25, 0.3) is 0 Å². The van der Waals surface area contributed by atoms with E-state index in [1.54, 1.807) is 38.1 Å². The molecule has 4 nitrogen and oxygen atoms in total. The van der Waals surface area contributed by atoms with Crippen LogP contribution in [0, 0.1) is 6.92 Å². The van der Waals surface area contributed by atoms with E-state index in [-0.39, 0.29) is 17.7 Å². The maximum absolute atomic E-state index is 12.1. The van der Waals surface area contributed by atoms with Crippen molar-refractivity contribution in [2.45, 2.75) is 19.9 Å². The molecule has 1 unspecified atom stereocenters. The van der Waals surface area contributed by atoms with Gasteiger partial charge in [0.25, 0.3) is 5.91 Å². The van der Waals surface area contributed by atoms with Crippen LogP contribution in [0.3, 0.4) is 0 Å². The van der Waals surface area contributed by atoms with Gasteiger partial charge in [-0.15, -0.1) is 0 Å². The van der Waals surface area contributed by atoms with Gasteiger partial charge in [0.1, 0.15) is 5.75 Å². The molecule has 1 N–H and O–H groups in total. The predicted octanol–water partition coefficient (Wildman–Crippen LogP) is 1.81. The number of hydrogen-bond acceptors (Lipinski definition) is 3. The zero-order valence-electron chi connectivity index (χ0n) is 10.7. The van der Waals surface area contributed by atoms with Gasteiger partial charge in [0, 0.05) is 19.7 Å². The molecule has 0 aliphatic heterocycles. The number of amides is 1. The van der Waals surface area contributed by atoms with Gasteiger partial charge in [-0.3, -0.25) is 4.79 Å². The first-order valence-corrected chi connectivity index (χ1v) is 5.53. The number of benzene rings is 1. The van der Waals surface area contributed by atoms with Crippen molar-refractivity contribution in [3.8, 4) is 5.75 Å². The monoisotopic (exact) mass is 237 g/mol. The van der Waals surface area contributed by atoms with Gasteiger partial charge in [-0.05, 0) is 37.6 Å². The normalized spacial score (nSPS) is 12.2. The highest BCUT2D eigenvalue weighted by atomic mass is 16.5. The quantitative estimate of drug-likeness (QED) is 0.868. The molecule has 1 aromatic carbocycles. The van der Waals surface area contributed by atoms with E-state index in [0.29, 0.717) is 17.7 Å². The summed E-state index contributed by atoms with van der Waals surface area (Å²) < 4.78 is 5.02. The second-order valence-electron chi connectivity index (χ2n) is 4.22. The molecular weight excluding hydrogens is 218 g/mol. The molecule has 0 spiro atoms. The predicted molar refractivity (Wildman–Crippen MR) is 66.3 cm³/mol. The van der Waals surface area contributed by atoms with Crippen molar-refractivity contribution in [3.05, 3.63) is 29.3 Å². The lowest BCUT2D eigenvalue weighted by Gasteiger charge is -2.24. The Bertz CT molecular complexity index is 404. The standard InChI is InChI=1S/C13H19NO3/c1-9-7-11(5-6-12(9)15)13(16)14(3)10(2)8-17-4/h5-7,10,15H,8H2,1-4H3. The molecule has 0 radical (unpaired) electrons. The molecule has 4 heteroatoms. The summed E-state index contributed by atoms with van der Waals surface area (Å²) in [5.41, 5.74) is 1.27. The maximum atomic E-state index is 12.1. The van der Waals surface area contributed by atoms with Crippen LogP contribution in [0.1, 0.15) is 22.8 Å². The number of nitrogens with zero attached hydrogens (tertiary/aromatic N) is 1. The van der Waals surface area contributed by atoms with E-state index in [9.17, 15) is 9.90 Å². The third-order valence-electron chi connectivity index (χ3n) is 2.83. The highest BCUT2D eigenvalue weighted by Crippen LogP contribution is 2.18. The van der Waals surface area contributed by atoms with Crippen molar-refractivity contribution >= 4 is 5.91 Å². The summed E-state index contributed by atoms with van der Waals surface area (Å²) in [6, 6.07) is 4.87. The zero-order chi connectivity index (χ0) is 13.0. The molecule has 0 saturated carbocycles. The van der Waals surface area contributed by atoms with E-state index >= 15 is 0 Å². The van der Waals surface area contributed by atoms with Crippen LogP contribution in [0.15, 0.2) is 18.2 Å². The first-order chi connectivity index (χ1) is 7.97. The fourth-order valence-electron chi connectivity index (χ4n) is 1.55. The minimum atomic E-state index is -0.0716. The van der Waals surface area contributed by atoms with E-state index in [0.717, 1.165) is 0 Å². The fraction of sp³-hybridized carbons (Fsp3) is 0.462. The van der Waals surface area contributed by atoms with Gasteiger partial charge in [0.2, 0.25) is 0 Å². The first-order valence-electron chi connectivity index (χ1n) is 5.53. The Morgan fingerprint density at radius 1 is 1.53 bits per heavy atom. The summed E-state index contributed by atoms with van der Waals surface area (Å²) in [6.07, 6.45) is 0. The van der Waals surface area contributed by atoms with Gasteiger partial charge >= 0.3 is 0 Å². The van der Waals surface area contributed by atoms with Crippen LogP contribution >= 0.6 is 0 Å². The lowest BCUT2D eigenvalue weighted by atomic mass is 10.1. The lowest BCUT2D eigenvalue weighted by Crippen LogP contribution is -2.37. The summed E-state index contributed by atoms with van der Waals surface area (Å²) in [6.45, 7) is 4.19. The van der Waals surface area contributed by atoms with Gasteiger partial charge in [-0.2, -0.15) is 0 Å². The van der Waals surface area contributed by atoms with Gasteiger partial charge in [0.15, 0.2) is 0 Å². The number of aromatic hydroxyl groups is 1. The SMILES string of the molecule is COCC(C)N(C)C(=O)c1ccc(O)c(C)c1. The zero-order valence-corrected chi connectivity index (χ0v) is 10.7. The minimum absolute atomic E-state index is 0.0154. The Kier molecular flexibility index (Phi) is 4.52. The number of likely N-dealkylation sites (N-methyl/N-ethyl adjacent to an activating group) is 1. The molecule has 0 aliphatic carbocycles. The Morgan fingerprint density at radius 2 is 2.18 bits per heavy atom. The number of carbonyl (C=O) groups is 1. The van der Waals surface area contributed by atoms with Crippen LogP contribution in [0.4, 0.5) is 0 Å². The third kappa shape index (κ3) is 3.20. The van der Waals surface area contributed by atoms with Crippen molar-refractivity contribution in [2.75, 3.05) is 20.8 Å². The number of rotatable bonds is 4. The van der Waals surface area contributed by atoms with Crippen LogP contribution in [-0.4, -0.2) is 42.7 Å². The number of carbonyl (C=O) groups excluding carboxylic acids is 1. The molecule has 0 aliphatic rings. The number of phenols is 1. The van der Waals surface area contributed by atoms with Crippen molar-refractivity contribution in [2.24, 2.45) is 0 Å². The maximum Gasteiger partial charge on any atom is 0.253 e. The topological polar surface area (TPSA) is 49.8 Å². The summed E-state index contributed by atoms with van der Waals surface area (Å²) >= 11 is 0. The number of phenolic OH excluding ortho intramolecular Hbond substituents is 1. The Labute approximate surface area is 102 Å². The van der Waals surface area contributed by atoms with Gasteiger partial charge in [0.05, 0.1) is 12.6 Å². The van der Waals surface area contributed by atoms with E-state index < -0.39 is 0 Å². The summed E-state index contributed by atoms with van der Waals surface area (Å²) in [5.74, 6) is 0.131. The van der Waals surface area contributed by atoms with Crippen molar-refractivity contribution < 1.29 is 14.6 Å². The Balaban J connectivity index is 2.85. The number of hydrogen-bond donors (Lipinski definition) is 1. The molecule has 0 bridgehead atoms. The van der Waals surface area contributed by atoms with Crippen molar-refractivity contribution in [3.63, 3.8) is 0 Å². The molecule has 1 aromatic rings. The van der Waals surface area contributed by atoms with Crippen LogP contribution in [0.2, 0.25) is 0 Å². The Morgan fingerprint density at radius 3 is 2.71 bits per heavy atom. The molecule has 17 heavy (non-hydrogen) atoms. The van der Waals surface area contributed by atoms with Crippen molar-refractivity contribution in [1.29, 1.82) is 0 Å². The third-order valence-corrected chi connectivity index (χ3v) is 2.83. The molecule has 0 saturated heterocycles. The van der Waals surface area contributed by atoms with Crippen LogP contribution < -0.4 is 0 Å². The second kappa shape index (κ2) is 5.68. The number of methoxy groups -OCH3 is 1. The molecule has 0 aromatic heterocycles. The second-order valence-corrected chi connectivity index (χ2v) is 4.22. The van der Waals surface area contributed by atoms with Gasteiger partial charge < -0.3 is 14.7 Å². The number of aryl methyl sites for hydroxylation is 1. The smallest absolute Gasteiger partial charge is 0.253 e. The molecule has 94 valence electrons. The van der Waals surface area contributed by atoms with Crippen LogP contribution in [0.5, 0.6) is 5.75 Å². The molecule has 0 heterocycles. The minimum Gasteiger partial charge on any atom is -0.508 e. The fourth-order valence-corrected chi connectivity index (χ4v) is 1.55. The highest BCUT2D eigenvalue weighted by Gasteiger charge is 2.17. The largest absolute Gasteiger partial charge is 0.508 e. The first kappa shape index (κ1) is 13.5.